The number of carbonyl (C=O) groups excluding carboxylic acids is 1. The van der Waals surface area contributed by atoms with Gasteiger partial charge in [0.1, 0.15) is 23.9 Å². The van der Waals surface area contributed by atoms with Crippen LogP contribution >= 0.6 is 15.9 Å². The largest absolute Gasteiger partial charge is 0.497 e. The van der Waals surface area contributed by atoms with Crippen LogP contribution in [0.5, 0.6) is 11.5 Å². The molecule has 2 aliphatic rings. The zero-order valence-electron chi connectivity index (χ0n) is 24.0. The van der Waals surface area contributed by atoms with Gasteiger partial charge in [0.25, 0.3) is 0 Å². The first-order valence-corrected chi connectivity index (χ1v) is 14.4. The van der Waals surface area contributed by atoms with Gasteiger partial charge in [-0.05, 0) is 90.9 Å². The van der Waals surface area contributed by atoms with E-state index in [9.17, 15) is 10.1 Å². The predicted octanol–water partition coefficient (Wildman–Crippen LogP) is 7.59. The highest BCUT2D eigenvalue weighted by atomic mass is 79.9. The Morgan fingerprint density at radius 2 is 1.71 bits per heavy atom. The van der Waals surface area contributed by atoms with Crippen molar-refractivity contribution in [3.8, 4) is 17.6 Å². The van der Waals surface area contributed by atoms with Crippen molar-refractivity contribution in [1.82, 2.24) is 0 Å². The Morgan fingerprint density at radius 1 is 1.05 bits per heavy atom. The number of ether oxygens (including phenoxy) is 2. The smallest absolute Gasteiger partial charge is 0.162 e. The zero-order chi connectivity index (χ0) is 29.5. The van der Waals surface area contributed by atoms with Crippen LogP contribution in [0.1, 0.15) is 54.9 Å². The summed E-state index contributed by atoms with van der Waals surface area (Å²) in [6, 6.07) is 21.8. The summed E-state index contributed by atoms with van der Waals surface area (Å²) >= 11 is 3.46. The van der Waals surface area contributed by atoms with E-state index in [2.05, 4.69) is 48.0 Å². The standard InChI is InChI=1S/C34H34BrN3O3/c1-20-14-22(19-41-26-10-6-23(35)7-11-26)21(2)27(15-20)31-28(18-36)33(37)38(24-8-12-25(40-5)13-9-24)29-16-34(3,4)17-30(39)32(29)31/h6-15,31H,16-17,19,37H2,1-5H3. The monoisotopic (exact) mass is 611 g/mol. The zero-order valence-corrected chi connectivity index (χ0v) is 25.6. The Hall–Kier alpha value is -4.02. The van der Waals surface area contributed by atoms with Gasteiger partial charge in [0.15, 0.2) is 5.78 Å². The van der Waals surface area contributed by atoms with Gasteiger partial charge in [0.2, 0.25) is 0 Å². The number of ketones is 1. The van der Waals surface area contributed by atoms with Crippen LogP contribution < -0.4 is 20.1 Å². The van der Waals surface area contributed by atoms with E-state index in [1.165, 1.54) is 0 Å². The number of nitrogens with two attached hydrogens (primary N) is 1. The maximum atomic E-state index is 14.0. The molecule has 1 aliphatic carbocycles. The summed E-state index contributed by atoms with van der Waals surface area (Å²) in [6.07, 6.45) is 1.06. The molecule has 0 fully saturated rings. The molecule has 0 saturated heterocycles. The molecule has 210 valence electrons. The van der Waals surface area contributed by atoms with E-state index >= 15 is 0 Å². The second-order valence-electron chi connectivity index (χ2n) is 11.6. The Labute approximate surface area is 250 Å². The Balaban J connectivity index is 1.65. The molecule has 0 bridgehead atoms. The molecule has 5 rings (SSSR count). The first kappa shape index (κ1) is 28.5. The number of carbonyl (C=O) groups is 1. The van der Waals surface area contributed by atoms with Crippen molar-refractivity contribution >= 4 is 27.4 Å². The van der Waals surface area contributed by atoms with Crippen LogP contribution in [0.4, 0.5) is 5.69 Å². The number of Topliss-reactive ketones (excluding diaryl/α,β-unsaturated/α-hetero) is 1. The SMILES string of the molecule is COc1ccc(N2C(N)=C(C#N)C(c3cc(C)cc(COc4ccc(Br)cc4)c3C)C3=C2CC(C)(C)CC3=O)cc1. The van der Waals surface area contributed by atoms with Crippen molar-refractivity contribution in [3.05, 3.63) is 110 Å². The molecule has 41 heavy (non-hydrogen) atoms. The van der Waals surface area contributed by atoms with Gasteiger partial charge in [-0.1, -0.05) is 47.5 Å². The van der Waals surface area contributed by atoms with Gasteiger partial charge < -0.3 is 15.2 Å². The summed E-state index contributed by atoms with van der Waals surface area (Å²) in [5, 5.41) is 10.5. The van der Waals surface area contributed by atoms with Crippen molar-refractivity contribution in [2.24, 2.45) is 11.1 Å². The van der Waals surface area contributed by atoms with Crippen molar-refractivity contribution in [3.63, 3.8) is 0 Å². The highest BCUT2D eigenvalue weighted by Crippen LogP contribution is 2.51. The van der Waals surface area contributed by atoms with Crippen LogP contribution in [-0.4, -0.2) is 12.9 Å². The minimum absolute atomic E-state index is 0.0496. The normalized spacial score (nSPS) is 18.2. The van der Waals surface area contributed by atoms with Crippen molar-refractivity contribution < 1.29 is 14.3 Å². The van der Waals surface area contributed by atoms with E-state index < -0.39 is 5.92 Å². The molecule has 1 heterocycles. The molecule has 0 aromatic heterocycles. The quantitative estimate of drug-likeness (QED) is 0.309. The lowest BCUT2D eigenvalue weighted by Gasteiger charge is -2.44. The lowest BCUT2D eigenvalue weighted by molar-refractivity contribution is -0.118. The molecule has 3 aromatic carbocycles. The summed E-state index contributed by atoms with van der Waals surface area (Å²) in [7, 11) is 1.62. The second-order valence-corrected chi connectivity index (χ2v) is 12.5. The van der Waals surface area contributed by atoms with Crippen LogP contribution in [0.3, 0.4) is 0 Å². The number of nitrogens with zero attached hydrogens (tertiary/aromatic N) is 2. The lowest BCUT2D eigenvalue weighted by atomic mass is 9.68. The number of anilines is 1. The van der Waals surface area contributed by atoms with E-state index in [0.29, 0.717) is 42.2 Å². The van der Waals surface area contributed by atoms with Gasteiger partial charge in [-0.3, -0.25) is 9.69 Å². The van der Waals surface area contributed by atoms with Gasteiger partial charge >= 0.3 is 0 Å². The molecule has 1 aliphatic heterocycles. The molecule has 0 spiro atoms. The molecule has 0 saturated carbocycles. The Bertz CT molecular complexity index is 1610. The van der Waals surface area contributed by atoms with E-state index in [4.69, 9.17) is 15.2 Å². The van der Waals surface area contributed by atoms with Crippen LogP contribution in [0.15, 0.2) is 87.8 Å². The van der Waals surface area contributed by atoms with E-state index in [0.717, 1.165) is 43.9 Å². The third-order valence-corrected chi connectivity index (χ3v) is 8.46. The summed E-state index contributed by atoms with van der Waals surface area (Å²) in [5.74, 6) is 1.32. The summed E-state index contributed by atoms with van der Waals surface area (Å²) in [6.45, 7) is 8.63. The molecule has 7 heteroatoms. The molecular weight excluding hydrogens is 578 g/mol. The van der Waals surface area contributed by atoms with Crippen molar-refractivity contribution in [2.45, 2.75) is 53.1 Å². The fraction of sp³-hybridized carbons (Fsp3) is 0.294. The van der Waals surface area contributed by atoms with Gasteiger partial charge in [0.05, 0.1) is 24.7 Å². The van der Waals surface area contributed by atoms with Gasteiger partial charge in [-0.2, -0.15) is 5.26 Å². The number of hydrogen-bond donors (Lipinski definition) is 1. The number of hydrogen-bond acceptors (Lipinski definition) is 6. The van der Waals surface area contributed by atoms with Gasteiger partial charge in [-0.15, -0.1) is 0 Å². The Kier molecular flexibility index (Phi) is 7.72. The summed E-state index contributed by atoms with van der Waals surface area (Å²) in [5.41, 5.74) is 13.2. The molecule has 0 amide bonds. The first-order chi connectivity index (χ1) is 19.5. The highest BCUT2D eigenvalue weighted by Gasteiger charge is 2.45. The summed E-state index contributed by atoms with van der Waals surface area (Å²) in [4.78, 5) is 15.9. The third-order valence-electron chi connectivity index (χ3n) is 7.93. The van der Waals surface area contributed by atoms with Crippen LogP contribution in [0.2, 0.25) is 0 Å². The molecule has 6 nitrogen and oxygen atoms in total. The lowest BCUT2D eigenvalue weighted by Crippen LogP contribution is -2.42. The number of nitriles is 1. The van der Waals surface area contributed by atoms with Crippen LogP contribution in [0.25, 0.3) is 0 Å². The van der Waals surface area contributed by atoms with Crippen molar-refractivity contribution in [2.75, 3.05) is 12.0 Å². The number of halogens is 1. The average Bonchev–Trinajstić information content (AvgIpc) is 2.93. The van der Waals surface area contributed by atoms with E-state index in [-0.39, 0.29) is 11.2 Å². The topological polar surface area (TPSA) is 88.6 Å². The average molecular weight is 613 g/mol. The number of allylic oxidation sites excluding steroid dienone is 3. The van der Waals surface area contributed by atoms with E-state index in [1.54, 1.807) is 7.11 Å². The molecule has 1 unspecified atom stereocenters. The second kappa shape index (κ2) is 11.1. The molecule has 1 atom stereocenters. The number of benzene rings is 3. The third kappa shape index (κ3) is 5.49. The Morgan fingerprint density at radius 3 is 2.34 bits per heavy atom. The molecule has 3 aromatic rings. The number of methoxy groups -OCH3 is 1. The fourth-order valence-electron chi connectivity index (χ4n) is 5.95. The van der Waals surface area contributed by atoms with Gasteiger partial charge in [0, 0.05) is 27.9 Å². The van der Waals surface area contributed by atoms with Crippen LogP contribution in [-0.2, 0) is 11.4 Å². The minimum Gasteiger partial charge on any atom is -0.497 e. The van der Waals surface area contributed by atoms with E-state index in [1.807, 2.05) is 67.3 Å². The highest BCUT2D eigenvalue weighted by molar-refractivity contribution is 9.10. The fourth-order valence-corrected chi connectivity index (χ4v) is 6.22. The molecular formula is C34H34BrN3O3. The maximum Gasteiger partial charge on any atom is 0.162 e. The maximum absolute atomic E-state index is 14.0. The number of aryl methyl sites for hydroxylation is 1. The summed E-state index contributed by atoms with van der Waals surface area (Å²) < 4.78 is 12.5. The van der Waals surface area contributed by atoms with Gasteiger partial charge in [-0.25, -0.2) is 0 Å². The minimum atomic E-state index is -0.556. The van der Waals surface area contributed by atoms with Crippen molar-refractivity contribution in [1.29, 1.82) is 5.26 Å². The number of rotatable bonds is 6. The molecule has 2 N–H and O–H groups in total. The van der Waals surface area contributed by atoms with Crippen LogP contribution in [0, 0.1) is 30.6 Å². The molecule has 0 radical (unpaired) electrons. The predicted molar refractivity (Wildman–Crippen MR) is 164 cm³/mol. The first-order valence-electron chi connectivity index (χ1n) is 13.6.